The maximum Gasteiger partial charge on any atom is 0.407 e. The van der Waals surface area contributed by atoms with Gasteiger partial charge in [-0.25, -0.2) is 9.59 Å². The SMILES string of the molecule is CC(C)(C)OC(=O)NC1CCC(C(=O)N2CC=C3C(C)(CC=C(c4ccc(C(=O)O)cc4)C3(C)C)C2)CC1. The van der Waals surface area contributed by atoms with Gasteiger partial charge in [-0.15, -0.1) is 0 Å². The Morgan fingerprint density at radius 1 is 1.00 bits per heavy atom. The highest BCUT2D eigenvalue weighted by molar-refractivity contribution is 5.88. The summed E-state index contributed by atoms with van der Waals surface area (Å²) in [5.41, 5.74) is 2.98. The van der Waals surface area contributed by atoms with Crippen LogP contribution in [0.3, 0.4) is 0 Å². The van der Waals surface area contributed by atoms with E-state index in [1.807, 2.05) is 37.8 Å². The molecule has 0 spiro atoms. The number of fused-ring (bicyclic) bond motifs is 1. The van der Waals surface area contributed by atoms with Crippen molar-refractivity contribution in [1.29, 1.82) is 0 Å². The number of rotatable bonds is 4. The molecular formula is C31H42N2O5. The largest absolute Gasteiger partial charge is 0.478 e. The van der Waals surface area contributed by atoms with E-state index >= 15 is 0 Å². The minimum Gasteiger partial charge on any atom is -0.478 e. The van der Waals surface area contributed by atoms with Crippen molar-refractivity contribution in [3.63, 3.8) is 0 Å². The van der Waals surface area contributed by atoms with Gasteiger partial charge in [0.1, 0.15) is 5.60 Å². The van der Waals surface area contributed by atoms with E-state index in [9.17, 15) is 19.5 Å². The van der Waals surface area contributed by atoms with Gasteiger partial charge in [0, 0.05) is 35.9 Å². The molecule has 0 bridgehead atoms. The Morgan fingerprint density at radius 2 is 1.63 bits per heavy atom. The minimum absolute atomic E-state index is 0.0132. The number of carboxylic acids is 1. The first-order chi connectivity index (χ1) is 17.7. The molecule has 7 heteroatoms. The van der Waals surface area contributed by atoms with Gasteiger partial charge in [0.05, 0.1) is 5.56 Å². The highest BCUT2D eigenvalue weighted by Crippen LogP contribution is 2.55. The second-order valence-corrected chi connectivity index (χ2v) is 12.9. The van der Waals surface area contributed by atoms with Crippen molar-refractivity contribution in [2.45, 2.75) is 85.3 Å². The first-order valence-electron chi connectivity index (χ1n) is 13.7. The summed E-state index contributed by atoms with van der Waals surface area (Å²) in [6.45, 7) is 13.6. The molecule has 0 aromatic heterocycles. The number of hydrogen-bond acceptors (Lipinski definition) is 4. The van der Waals surface area contributed by atoms with Crippen LogP contribution in [-0.2, 0) is 9.53 Å². The average Bonchev–Trinajstić information content (AvgIpc) is 2.82. The molecule has 0 saturated heterocycles. The molecule has 1 saturated carbocycles. The normalized spacial score (nSPS) is 26.9. The Hall–Kier alpha value is -3.09. The summed E-state index contributed by atoms with van der Waals surface area (Å²) in [7, 11) is 0. The Bertz CT molecular complexity index is 1150. The van der Waals surface area contributed by atoms with Crippen LogP contribution in [0.1, 0.15) is 89.6 Å². The molecule has 1 heterocycles. The van der Waals surface area contributed by atoms with Crippen LogP contribution in [0, 0.1) is 16.7 Å². The van der Waals surface area contributed by atoms with E-state index in [1.165, 1.54) is 11.1 Å². The van der Waals surface area contributed by atoms with Gasteiger partial charge in [0.15, 0.2) is 0 Å². The summed E-state index contributed by atoms with van der Waals surface area (Å²) in [4.78, 5) is 39.0. The molecule has 0 radical (unpaired) electrons. The number of allylic oxidation sites excluding steroid dienone is 2. The van der Waals surface area contributed by atoms with E-state index in [1.54, 1.807) is 12.1 Å². The molecule has 1 unspecified atom stereocenters. The number of carbonyl (C=O) groups excluding carboxylic acids is 2. The van der Waals surface area contributed by atoms with Gasteiger partial charge in [0.25, 0.3) is 0 Å². The fraction of sp³-hybridized carbons (Fsp3) is 0.581. The zero-order chi connectivity index (χ0) is 27.9. The number of alkyl carbamates (subject to hydrolysis) is 1. The van der Waals surface area contributed by atoms with Crippen molar-refractivity contribution in [1.82, 2.24) is 10.2 Å². The van der Waals surface area contributed by atoms with Crippen LogP contribution < -0.4 is 5.32 Å². The topological polar surface area (TPSA) is 95.9 Å². The maximum absolute atomic E-state index is 13.5. The second-order valence-electron chi connectivity index (χ2n) is 12.9. The number of nitrogens with zero attached hydrogens (tertiary/aromatic N) is 1. The molecular weight excluding hydrogens is 480 g/mol. The van der Waals surface area contributed by atoms with Crippen LogP contribution in [0.15, 0.2) is 42.0 Å². The van der Waals surface area contributed by atoms with E-state index in [0.717, 1.165) is 37.7 Å². The minimum atomic E-state index is -0.923. The molecule has 2 amide bonds. The summed E-state index contributed by atoms with van der Waals surface area (Å²) in [6, 6.07) is 7.16. The highest BCUT2D eigenvalue weighted by Gasteiger charge is 2.47. The molecule has 1 atom stereocenters. The standard InChI is InChI=1S/C31H42N2O5/c1-29(2,3)38-28(37)32-23-13-11-21(12-14-23)26(34)33-18-16-25-30(4,5)24(15-17-31(25,6)19-33)20-7-9-22(10-8-20)27(35)36/h7-10,15-16,21,23H,11-14,17-19H2,1-6H3,(H,32,37)(H,35,36). The number of benzene rings is 1. The molecule has 4 rings (SSSR count). The first-order valence-corrected chi connectivity index (χ1v) is 13.7. The number of carbonyl (C=O) groups is 3. The van der Waals surface area contributed by atoms with Crippen molar-refractivity contribution in [2.24, 2.45) is 16.7 Å². The van der Waals surface area contributed by atoms with Crippen LogP contribution in [-0.4, -0.2) is 52.7 Å². The lowest BCUT2D eigenvalue weighted by Gasteiger charge is -2.51. The predicted octanol–water partition coefficient (Wildman–Crippen LogP) is 6.06. The Kier molecular flexibility index (Phi) is 7.52. The number of ether oxygens (including phenoxy) is 1. The van der Waals surface area contributed by atoms with Crippen LogP contribution in [0.4, 0.5) is 4.79 Å². The highest BCUT2D eigenvalue weighted by atomic mass is 16.6. The lowest BCUT2D eigenvalue weighted by molar-refractivity contribution is -0.138. The summed E-state index contributed by atoms with van der Waals surface area (Å²) >= 11 is 0. The van der Waals surface area contributed by atoms with Crippen LogP contribution in [0.2, 0.25) is 0 Å². The number of hydrogen-bond donors (Lipinski definition) is 2. The fourth-order valence-electron chi connectivity index (χ4n) is 6.59. The lowest BCUT2D eigenvalue weighted by atomic mass is 9.58. The fourth-order valence-corrected chi connectivity index (χ4v) is 6.59. The summed E-state index contributed by atoms with van der Waals surface area (Å²) in [5.74, 6) is -0.719. The van der Waals surface area contributed by atoms with E-state index in [4.69, 9.17) is 4.74 Å². The molecule has 1 aliphatic heterocycles. The van der Waals surface area contributed by atoms with Crippen molar-refractivity contribution in [3.8, 4) is 0 Å². The van der Waals surface area contributed by atoms with Crippen molar-refractivity contribution >= 4 is 23.5 Å². The van der Waals surface area contributed by atoms with Gasteiger partial charge in [-0.3, -0.25) is 4.79 Å². The Labute approximate surface area is 226 Å². The number of nitrogens with one attached hydrogen (secondary N) is 1. The molecule has 38 heavy (non-hydrogen) atoms. The predicted molar refractivity (Wildman–Crippen MR) is 148 cm³/mol. The van der Waals surface area contributed by atoms with Gasteiger partial charge >= 0.3 is 12.1 Å². The molecule has 2 N–H and O–H groups in total. The van der Waals surface area contributed by atoms with Gasteiger partial charge in [0.2, 0.25) is 5.91 Å². The monoisotopic (exact) mass is 522 g/mol. The number of amides is 2. The first kappa shape index (κ1) is 27.9. The van der Waals surface area contributed by atoms with Crippen LogP contribution >= 0.6 is 0 Å². The van der Waals surface area contributed by atoms with Crippen molar-refractivity contribution in [2.75, 3.05) is 13.1 Å². The number of carboxylic acid groups (broad SMARTS) is 1. The summed E-state index contributed by atoms with van der Waals surface area (Å²) in [6.07, 6.45) is 8.05. The molecule has 7 nitrogen and oxygen atoms in total. The van der Waals surface area contributed by atoms with Crippen molar-refractivity contribution < 1.29 is 24.2 Å². The summed E-state index contributed by atoms with van der Waals surface area (Å²) in [5, 5.41) is 12.2. The van der Waals surface area contributed by atoms with E-state index < -0.39 is 11.6 Å². The van der Waals surface area contributed by atoms with E-state index in [0.29, 0.717) is 13.1 Å². The molecule has 3 aliphatic rings. The quantitative estimate of drug-likeness (QED) is 0.469. The zero-order valence-electron chi connectivity index (χ0n) is 23.6. The van der Waals surface area contributed by atoms with Crippen LogP contribution in [0.25, 0.3) is 5.57 Å². The van der Waals surface area contributed by atoms with Gasteiger partial charge in [-0.05, 0) is 76.1 Å². The second kappa shape index (κ2) is 10.2. The maximum atomic E-state index is 13.5. The van der Waals surface area contributed by atoms with Gasteiger partial charge < -0.3 is 20.1 Å². The van der Waals surface area contributed by atoms with E-state index in [2.05, 4.69) is 38.2 Å². The Balaban J connectivity index is 1.40. The third-order valence-corrected chi connectivity index (χ3v) is 8.36. The van der Waals surface area contributed by atoms with Gasteiger partial charge in [-0.2, -0.15) is 0 Å². The average molecular weight is 523 g/mol. The zero-order valence-corrected chi connectivity index (χ0v) is 23.6. The van der Waals surface area contributed by atoms with Crippen molar-refractivity contribution in [3.05, 3.63) is 53.1 Å². The van der Waals surface area contributed by atoms with Gasteiger partial charge in [-0.1, -0.05) is 50.6 Å². The molecule has 206 valence electrons. The van der Waals surface area contributed by atoms with Crippen LogP contribution in [0.5, 0.6) is 0 Å². The molecule has 1 fully saturated rings. The smallest absolute Gasteiger partial charge is 0.407 e. The molecule has 2 aliphatic carbocycles. The van der Waals surface area contributed by atoms with E-state index in [-0.39, 0.29) is 40.4 Å². The third kappa shape index (κ3) is 5.82. The summed E-state index contributed by atoms with van der Waals surface area (Å²) < 4.78 is 5.38. The Morgan fingerprint density at radius 3 is 2.21 bits per heavy atom. The lowest BCUT2D eigenvalue weighted by Crippen LogP contribution is -2.51. The molecule has 1 aromatic carbocycles. The third-order valence-electron chi connectivity index (χ3n) is 8.36. The molecule has 1 aromatic rings. The number of aromatic carboxylic acids is 1.